The predicted molar refractivity (Wildman–Crippen MR) is 108 cm³/mol. The number of anilines is 1. The molecule has 1 fully saturated rings. The molecule has 7 heteroatoms. The Bertz CT molecular complexity index is 429. The monoisotopic (exact) mass is 437 g/mol. The molecule has 5 nitrogen and oxygen atoms in total. The van der Waals surface area contributed by atoms with Crippen LogP contribution in [0.2, 0.25) is 0 Å². The second-order valence-electron chi connectivity index (χ2n) is 5.30. The van der Waals surface area contributed by atoms with Crippen LogP contribution in [0.4, 0.5) is 5.00 Å². The van der Waals surface area contributed by atoms with E-state index in [0.717, 1.165) is 51.8 Å². The number of hydrogen-bond acceptors (Lipinski definition) is 4. The van der Waals surface area contributed by atoms with Crippen LogP contribution in [0.15, 0.2) is 22.5 Å². The molecule has 0 spiro atoms. The molecule has 0 aliphatic carbocycles. The van der Waals surface area contributed by atoms with Crippen LogP contribution < -0.4 is 10.2 Å². The molecular weight excluding hydrogens is 409 g/mol. The third-order valence-corrected chi connectivity index (χ3v) is 4.85. The van der Waals surface area contributed by atoms with Gasteiger partial charge in [-0.15, -0.1) is 35.3 Å². The zero-order valence-electron chi connectivity index (χ0n) is 13.8. The highest BCUT2D eigenvalue weighted by Crippen LogP contribution is 2.22. The molecule has 2 heterocycles. The maximum absolute atomic E-state index is 4.42. The topological polar surface area (TPSA) is 34.1 Å². The van der Waals surface area contributed by atoms with E-state index in [-0.39, 0.29) is 24.0 Å². The molecule has 126 valence electrons. The van der Waals surface area contributed by atoms with Gasteiger partial charge in [-0.25, -0.2) is 0 Å². The Kier molecular flexibility index (Phi) is 9.11. The summed E-state index contributed by atoms with van der Waals surface area (Å²) in [6.07, 6.45) is 0. The van der Waals surface area contributed by atoms with Gasteiger partial charge < -0.3 is 20.0 Å². The molecule has 0 bridgehead atoms. The van der Waals surface area contributed by atoms with E-state index in [9.17, 15) is 0 Å². The number of hydrogen-bond donors (Lipinski definition) is 1. The number of nitrogens with zero attached hydrogens (tertiary/aromatic N) is 4. The van der Waals surface area contributed by atoms with Crippen molar-refractivity contribution in [1.82, 2.24) is 15.1 Å². The molecule has 0 atom stereocenters. The Morgan fingerprint density at radius 1 is 1.36 bits per heavy atom. The smallest absolute Gasteiger partial charge is 0.193 e. The Morgan fingerprint density at radius 3 is 2.64 bits per heavy atom. The minimum absolute atomic E-state index is 0. The second-order valence-corrected chi connectivity index (χ2v) is 6.22. The summed E-state index contributed by atoms with van der Waals surface area (Å²) in [5, 5.41) is 6.99. The summed E-state index contributed by atoms with van der Waals surface area (Å²) >= 11 is 1.82. The summed E-state index contributed by atoms with van der Waals surface area (Å²) < 4.78 is 0. The number of likely N-dealkylation sites (N-methyl/N-ethyl adjacent to an activating group) is 1. The number of piperazine rings is 1. The highest BCUT2D eigenvalue weighted by Gasteiger charge is 2.20. The van der Waals surface area contributed by atoms with Gasteiger partial charge in [0, 0.05) is 46.3 Å². The van der Waals surface area contributed by atoms with Crippen LogP contribution in [0.5, 0.6) is 0 Å². The van der Waals surface area contributed by atoms with Gasteiger partial charge in [-0.2, -0.15) is 0 Å². The normalized spacial score (nSPS) is 15.9. The fourth-order valence-corrected chi connectivity index (χ4v) is 3.22. The van der Waals surface area contributed by atoms with Crippen LogP contribution in [-0.2, 0) is 0 Å². The second kappa shape index (κ2) is 10.3. The van der Waals surface area contributed by atoms with E-state index in [1.54, 1.807) is 0 Å². The van der Waals surface area contributed by atoms with Crippen molar-refractivity contribution < 1.29 is 0 Å². The number of aliphatic imine (C=N–C) groups is 1. The Morgan fingerprint density at radius 2 is 2.09 bits per heavy atom. The zero-order chi connectivity index (χ0) is 15.1. The third kappa shape index (κ3) is 5.58. The van der Waals surface area contributed by atoms with Gasteiger partial charge in [0.25, 0.3) is 0 Å². The van der Waals surface area contributed by atoms with Gasteiger partial charge in [-0.3, -0.25) is 4.99 Å². The molecule has 1 N–H and O–H groups in total. The van der Waals surface area contributed by atoms with Gasteiger partial charge in [0.15, 0.2) is 5.96 Å². The molecular formula is C15H28IN5S. The summed E-state index contributed by atoms with van der Waals surface area (Å²) in [7, 11) is 4.02. The molecule has 2 rings (SSSR count). The lowest BCUT2D eigenvalue weighted by Crippen LogP contribution is -2.53. The SMILES string of the molecule is CCN(C)CCNC(=NC)N1CCN(c2cccs2)CC1.I. The number of nitrogens with one attached hydrogen (secondary N) is 1. The largest absolute Gasteiger partial charge is 0.360 e. The van der Waals surface area contributed by atoms with E-state index in [4.69, 9.17) is 0 Å². The average Bonchev–Trinajstić information content (AvgIpc) is 3.06. The van der Waals surface area contributed by atoms with E-state index in [1.807, 2.05) is 18.4 Å². The van der Waals surface area contributed by atoms with E-state index in [2.05, 4.69) is 56.5 Å². The molecule has 1 saturated heterocycles. The highest BCUT2D eigenvalue weighted by molar-refractivity contribution is 14.0. The molecule has 1 aliphatic rings. The van der Waals surface area contributed by atoms with Gasteiger partial charge in [0.1, 0.15) is 0 Å². The lowest BCUT2D eigenvalue weighted by Gasteiger charge is -2.37. The van der Waals surface area contributed by atoms with Crippen LogP contribution in [0.1, 0.15) is 6.92 Å². The maximum Gasteiger partial charge on any atom is 0.193 e. The van der Waals surface area contributed by atoms with Crippen molar-refractivity contribution >= 4 is 46.3 Å². The Labute approximate surface area is 155 Å². The zero-order valence-corrected chi connectivity index (χ0v) is 16.9. The molecule has 1 aromatic heterocycles. The fourth-order valence-electron chi connectivity index (χ4n) is 2.44. The number of halogens is 1. The molecule has 22 heavy (non-hydrogen) atoms. The molecule has 1 aromatic rings. The standard InChI is InChI=1S/C15H27N5S.HI/c1-4-18(3)8-7-17-15(16-2)20-11-9-19(10-12-20)14-6-5-13-21-14;/h5-6,13H,4,7-12H2,1-3H3,(H,16,17);1H. The number of guanidine groups is 1. The number of rotatable bonds is 5. The van der Waals surface area contributed by atoms with Crippen molar-refractivity contribution in [3.63, 3.8) is 0 Å². The first-order valence-electron chi connectivity index (χ1n) is 7.67. The van der Waals surface area contributed by atoms with Crippen molar-refractivity contribution in [1.29, 1.82) is 0 Å². The van der Waals surface area contributed by atoms with Crippen LogP contribution in [0, 0.1) is 0 Å². The maximum atomic E-state index is 4.42. The van der Waals surface area contributed by atoms with E-state index in [1.165, 1.54) is 5.00 Å². The Hall–Kier alpha value is -0.540. The predicted octanol–water partition coefficient (Wildman–Crippen LogP) is 2.02. The first-order valence-corrected chi connectivity index (χ1v) is 8.55. The summed E-state index contributed by atoms with van der Waals surface area (Å²) in [4.78, 5) is 11.5. The summed E-state index contributed by atoms with van der Waals surface area (Å²) in [5.41, 5.74) is 0. The van der Waals surface area contributed by atoms with Crippen LogP contribution in [0.25, 0.3) is 0 Å². The van der Waals surface area contributed by atoms with E-state index >= 15 is 0 Å². The molecule has 0 aromatic carbocycles. The van der Waals surface area contributed by atoms with Gasteiger partial charge in [-0.1, -0.05) is 6.92 Å². The Balaban J connectivity index is 0.00000242. The van der Waals surface area contributed by atoms with Crippen molar-refractivity contribution in [2.24, 2.45) is 4.99 Å². The van der Waals surface area contributed by atoms with Gasteiger partial charge >= 0.3 is 0 Å². The summed E-state index contributed by atoms with van der Waals surface area (Å²) in [6.45, 7) is 9.44. The molecule has 0 radical (unpaired) electrons. The van der Waals surface area contributed by atoms with Crippen LogP contribution in [0.3, 0.4) is 0 Å². The van der Waals surface area contributed by atoms with E-state index < -0.39 is 0 Å². The molecule has 1 aliphatic heterocycles. The lowest BCUT2D eigenvalue weighted by atomic mass is 10.3. The van der Waals surface area contributed by atoms with Crippen molar-refractivity contribution in [3.05, 3.63) is 17.5 Å². The summed E-state index contributed by atoms with van der Waals surface area (Å²) in [5.74, 6) is 1.03. The van der Waals surface area contributed by atoms with Crippen LogP contribution >= 0.6 is 35.3 Å². The average molecular weight is 437 g/mol. The van der Waals surface area contributed by atoms with E-state index in [0.29, 0.717) is 0 Å². The third-order valence-electron chi connectivity index (χ3n) is 3.93. The highest BCUT2D eigenvalue weighted by atomic mass is 127. The van der Waals surface area contributed by atoms with Crippen LogP contribution in [-0.4, -0.2) is 75.7 Å². The number of thiophene rings is 1. The molecule has 0 amide bonds. The first kappa shape index (κ1) is 19.5. The molecule has 0 saturated carbocycles. The first-order chi connectivity index (χ1) is 10.2. The minimum atomic E-state index is 0. The molecule has 0 unspecified atom stereocenters. The summed E-state index contributed by atoms with van der Waals surface area (Å²) in [6, 6.07) is 4.32. The fraction of sp³-hybridized carbons (Fsp3) is 0.667. The van der Waals surface area contributed by atoms with Gasteiger partial charge in [0.05, 0.1) is 5.00 Å². The quantitative estimate of drug-likeness (QED) is 0.434. The van der Waals surface area contributed by atoms with Gasteiger partial charge in [-0.05, 0) is 31.1 Å². The minimum Gasteiger partial charge on any atom is -0.360 e. The van der Waals surface area contributed by atoms with Crippen molar-refractivity contribution in [2.45, 2.75) is 6.92 Å². The van der Waals surface area contributed by atoms with Crippen molar-refractivity contribution in [3.8, 4) is 0 Å². The van der Waals surface area contributed by atoms with Gasteiger partial charge in [0.2, 0.25) is 0 Å². The van der Waals surface area contributed by atoms with Crippen molar-refractivity contribution in [2.75, 3.05) is 64.8 Å². The lowest BCUT2D eigenvalue weighted by molar-refractivity contribution is 0.344.